The molecule has 0 aromatic heterocycles. The molecule has 31 heavy (non-hydrogen) atoms. The molecule has 1 saturated heterocycles. The molecule has 0 bridgehead atoms. The Morgan fingerprint density at radius 1 is 1.06 bits per heavy atom. The number of anilines is 1. The van der Waals surface area contributed by atoms with E-state index in [1.807, 2.05) is 0 Å². The fourth-order valence-electron chi connectivity index (χ4n) is 3.22. The molecule has 2 aromatic carbocycles. The maximum absolute atomic E-state index is 14.0. The van der Waals surface area contributed by atoms with Gasteiger partial charge in [0.1, 0.15) is 11.6 Å². The lowest BCUT2D eigenvalue weighted by Gasteiger charge is -2.36. The van der Waals surface area contributed by atoms with E-state index in [1.165, 1.54) is 11.0 Å². The molecule has 1 amide bonds. The molecule has 0 atom stereocenters. The Balaban J connectivity index is 1.82. The molecule has 1 heterocycles. The molecule has 0 unspecified atom stereocenters. The van der Waals surface area contributed by atoms with E-state index in [0.29, 0.717) is 18.8 Å². The van der Waals surface area contributed by atoms with E-state index in [-0.39, 0.29) is 29.3 Å². The number of amides is 1. The van der Waals surface area contributed by atoms with E-state index in [2.05, 4.69) is 0 Å². The lowest BCUT2D eigenvalue weighted by atomic mass is 10.1. The molecule has 11 heteroatoms. The van der Waals surface area contributed by atoms with Gasteiger partial charge in [-0.1, -0.05) is 12.1 Å². The van der Waals surface area contributed by atoms with E-state index in [0.717, 1.165) is 24.5 Å². The van der Waals surface area contributed by atoms with Crippen molar-refractivity contribution in [2.24, 2.45) is 0 Å². The SMILES string of the molecule is CS(=O)(=O)c1ccc(OCC(F)(F)F)c(C(=O)N2CCN(c3ccccc3F)CC2)c1. The highest BCUT2D eigenvalue weighted by atomic mass is 32.2. The van der Waals surface area contributed by atoms with Crippen LogP contribution in [0.2, 0.25) is 0 Å². The summed E-state index contributed by atoms with van der Waals surface area (Å²) in [6.45, 7) is -0.662. The van der Waals surface area contributed by atoms with Gasteiger partial charge in [-0.15, -0.1) is 0 Å². The fraction of sp³-hybridized carbons (Fsp3) is 0.350. The minimum Gasteiger partial charge on any atom is -0.483 e. The van der Waals surface area contributed by atoms with Gasteiger partial charge in [0.25, 0.3) is 5.91 Å². The third-order valence-electron chi connectivity index (χ3n) is 4.76. The Bertz CT molecular complexity index is 1070. The number of sulfone groups is 1. The van der Waals surface area contributed by atoms with Crippen molar-refractivity contribution < 1.29 is 35.5 Å². The van der Waals surface area contributed by atoms with Crippen LogP contribution in [0.1, 0.15) is 10.4 Å². The predicted octanol–water partition coefficient (Wildman–Crippen LogP) is 3.13. The number of benzene rings is 2. The number of piperazine rings is 1. The topological polar surface area (TPSA) is 66.9 Å². The molecule has 168 valence electrons. The molecule has 2 aromatic rings. The van der Waals surface area contributed by atoms with Crippen LogP contribution in [0.4, 0.5) is 23.2 Å². The number of carbonyl (C=O) groups excluding carboxylic acids is 1. The summed E-state index contributed by atoms with van der Waals surface area (Å²) >= 11 is 0. The molecule has 1 aliphatic heterocycles. The maximum Gasteiger partial charge on any atom is 0.422 e. The van der Waals surface area contributed by atoms with Crippen LogP contribution in [0.5, 0.6) is 5.75 Å². The Morgan fingerprint density at radius 2 is 1.71 bits per heavy atom. The number of ether oxygens (including phenoxy) is 1. The molecule has 3 rings (SSSR count). The van der Waals surface area contributed by atoms with Crippen molar-refractivity contribution in [3.63, 3.8) is 0 Å². The third-order valence-corrected chi connectivity index (χ3v) is 5.87. The maximum atomic E-state index is 14.0. The van der Waals surface area contributed by atoms with Gasteiger partial charge >= 0.3 is 6.18 Å². The van der Waals surface area contributed by atoms with Gasteiger partial charge in [0.2, 0.25) is 0 Å². The summed E-state index contributed by atoms with van der Waals surface area (Å²) in [5.74, 6) is -1.41. The van der Waals surface area contributed by atoms with Crippen molar-refractivity contribution in [3.05, 3.63) is 53.8 Å². The van der Waals surface area contributed by atoms with Gasteiger partial charge < -0.3 is 14.5 Å². The van der Waals surface area contributed by atoms with Gasteiger partial charge in [0.15, 0.2) is 16.4 Å². The summed E-state index contributed by atoms with van der Waals surface area (Å²) in [4.78, 5) is 15.9. The van der Waals surface area contributed by atoms with Crippen LogP contribution in [0, 0.1) is 5.82 Å². The standard InChI is InChI=1S/C20H20F4N2O4S/c1-31(28,29)14-6-7-18(30-13-20(22,23)24)15(12-14)19(27)26-10-8-25(9-11-26)17-5-3-2-4-16(17)21/h2-7,12H,8-11,13H2,1H3. The van der Waals surface area contributed by atoms with Crippen molar-refractivity contribution in [1.82, 2.24) is 4.90 Å². The van der Waals surface area contributed by atoms with Crippen molar-refractivity contribution in [1.29, 1.82) is 0 Å². The van der Waals surface area contributed by atoms with Crippen LogP contribution < -0.4 is 9.64 Å². The zero-order chi connectivity index (χ0) is 22.8. The second-order valence-corrected chi connectivity index (χ2v) is 9.08. The number of hydrogen-bond acceptors (Lipinski definition) is 5. The second-order valence-electron chi connectivity index (χ2n) is 7.06. The normalized spacial score (nSPS) is 15.1. The quantitative estimate of drug-likeness (QED) is 0.642. The lowest BCUT2D eigenvalue weighted by molar-refractivity contribution is -0.153. The van der Waals surface area contributed by atoms with Crippen molar-refractivity contribution in [2.75, 3.05) is 43.9 Å². The van der Waals surface area contributed by atoms with E-state index >= 15 is 0 Å². The summed E-state index contributed by atoms with van der Waals surface area (Å²) < 4.78 is 80.2. The monoisotopic (exact) mass is 460 g/mol. The molecular weight excluding hydrogens is 440 g/mol. The lowest BCUT2D eigenvalue weighted by Crippen LogP contribution is -2.49. The van der Waals surface area contributed by atoms with Crippen LogP contribution in [0.3, 0.4) is 0 Å². The number of carbonyl (C=O) groups is 1. The number of halogens is 4. The Kier molecular flexibility index (Phi) is 6.44. The summed E-state index contributed by atoms with van der Waals surface area (Å²) in [5.41, 5.74) is 0.120. The molecule has 0 spiro atoms. The zero-order valence-corrected chi connectivity index (χ0v) is 17.3. The Hall–Kier alpha value is -2.82. The summed E-state index contributed by atoms with van der Waals surface area (Å²) in [7, 11) is -3.70. The van der Waals surface area contributed by atoms with Crippen LogP contribution in [-0.4, -0.2) is 64.4 Å². The van der Waals surface area contributed by atoms with Gasteiger partial charge in [-0.3, -0.25) is 4.79 Å². The molecule has 1 aliphatic rings. The first-order valence-corrected chi connectivity index (χ1v) is 11.2. The third kappa shape index (κ3) is 5.66. The van der Waals surface area contributed by atoms with Crippen LogP contribution in [-0.2, 0) is 9.84 Å². The van der Waals surface area contributed by atoms with Gasteiger partial charge in [-0.05, 0) is 30.3 Å². The average Bonchev–Trinajstić information content (AvgIpc) is 2.71. The zero-order valence-electron chi connectivity index (χ0n) is 16.5. The van der Waals surface area contributed by atoms with Crippen molar-refractivity contribution >= 4 is 21.4 Å². The first-order valence-electron chi connectivity index (χ1n) is 9.28. The number of para-hydroxylation sites is 1. The number of nitrogens with zero attached hydrogens (tertiary/aromatic N) is 2. The molecule has 0 radical (unpaired) electrons. The van der Waals surface area contributed by atoms with Gasteiger partial charge in [0, 0.05) is 32.4 Å². The molecular formula is C20H20F4N2O4S. The first kappa shape index (κ1) is 22.9. The summed E-state index contributed by atoms with van der Waals surface area (Å²) in [6, 6.07) is 9.36. The summed E-state index contributed by atoms with van der Waals surface area (Å²) in [6.07, 6.45) is -3.69. The molecule has 0 aliphatic carbocycles. The van der Waals surface area contributed by atoms with Crippen molar-refractivity contribution in [2.45, 2.75) is 11.1 Å². The summed E-state index contributed by atoms with van der Waals surface area (Å²) in [5, 5.41) is 0. The molecule has 0 saturated carbocycles. The Labute approximate surface area is 176 Å². The largest absolute Gasteiger partial charge is 0.483 e. The number of rotatable bonds is 5. The second kappa shape index (κ2) is 8.74. The van der Waals surface area contributed by atoms with E-state index in [4.69, 9.17) is 4.74 Å². The van der Waals surface area contributed by atoms with E-state index in [1.54, 1.807) is 23.1 Å². The van der Waals surface area contributed by atoms with Crippen LogP contribution in [0.25, 0.3) is 0 Å². The number of alkyl halides is 3. The number of hydrogen-bond donors (Lipinski definition) is 0. The van der Waals surface area contributed by atoms with E-state index in [9.17, 15) is 30.8 Å². The van der Waals surface area contributed by atoms with Crippen LogP contribution >= 0.6 is 0 Å². The van der Waals surface area contributed by atoms with E-state index < -0.39 is 34.3 Å². The smallest absolute Gasteiger partial charge is 0.422 e. The minimum atomic E-state index is -4.62. The Morgan fingerprint density at radius 3 is 2.29 bits per heavy atom. The van der Waals surface area contributed by atoms with Gasteiger partial charge in [-0.25, -0.2) is 12.8 Å². The highest BCUT2D eigenvalue weighted by molar-refractivity contribution is 7.90. The molecule has 1 fully saturated rings. The fourth-order valence-corrected chi connectivity index (χ4v) is 3.87. The predicted molar refractivity (Wildman–Crippen MR) is 106 cm³/mol. The van der Waals surface area contributed by atoms with Crippen molar-refractivity contribution in [3.8, 4) is 5.75 Å². The molecule has 0 N–H and O–H groups in total. The van der Waals surface area contributed by atoms with Gasteiger partial charge in [0.05, 0.1) is 16.1 Å². The minimum absolute atomic E-state index is 0.176. The highest BCUT2D eigenvalue weighted by Gasteiger charge is 2.31. The first-order chi connectivity index (χ1) is 14.5. The van der Waals surface area contributed by atoms with Gasteiger partial charge in [-0.2, -0.15) is 13.2 Å². The van der Waals surface area contributed by atoms with Crippen LogP contribution in [0.15, 0.2) is 47.4 Å². The average molecular weight is 460 g/mol. The highest BCUT2D eigenvalue weighted by Crippen LogP contribution is 2.28. The molecule has 6 nitrogen and oxygen atoms in total.